The highest BCUT2D eigenvalue weighted by Crippen LogP contribution is 2.20. The van der Waals surface area contributed by atoms with Crippen molar-refractivity contribution in [2.24, 2.45) is 5.73 Å². The Bertz CT molecular complexity index is 495. The molecule has 0 fully saturated rings. The number of anilines is 1. The predicted octanol–water partition coefficient (Wildman–Crippen LogP) is 1.77. The van der Waals surface area contributed by atoms with E-state index >= 15 is 0 Å². The first-order chi connectivity index (χ1) is 8.69. The first kappa shape index (κ1) is 15.5. The molecule has 0 heterocycles. The van der Waals surface area contributed by atoms with Gasteiger partial charge in [0.25, 0.3) is 0 Å². The standard InChI is InChI=1S/C13H18ClN3O2/c1-13(2,3)16-7-11(18)17-8-4-5-10(14)9(6-8)12(15)19/h4-6,16H,7H2,1-3H3,(H2,15,19)(H,17,18). The number of nitrogens with one attached hydrogen (secondary N) is 2. The van der Waals surface area contributed by atoms with Crippen molar-refractivity contribution in [3.05, 3.63) is 28.8 Å². The van der Waals surface area contributed by atoms with Crippen molar-refractivity contribution in [3.8, 4) is 0 Å². The number of amides is 2. The van der Waals surface area contributed by atoms with Gasteiger partial charge in [0.1, 0.15) is 0 Å². The molecule has 19 heavy (non-hydrogen) atoms. The van der Waals surface area contributed by atoms with Gasteiger partial charge in [0.15, 0.2) is 0 Å². The van der Waals surface area contributed by atoms with Gasteiger partial charge in [0.05, 0.1) is 17.1 Å². The van der Waals surface area contributed by atoms with E-state index in [4.69, 9.17) is 17.3 Å². The summed E-state index contributed by atoms with van der Waals surface area (Å²) >= 11 is 5.82. The Balaban J connectivity index is 2.70. The van der Waals surface area contributed by atoms with Crippen LogP contribution in [-0.4, -0.2) is 23.9 Å². The maximum atomic E-state index is 11.7. The number of benzene rings is 1. The molecule has 0 bridgehead atoms. The van der Waals surface area contributed by atoms with Crippen LogP contribution in [-0.2, 0) is 4.79 Å². The molecule has 6 heteroatoms. The predicted molar refractivity (Wildman–Crippen MR) is 76.4 cm³/mol. The van der Waals surface area contributed by atoms with Gasteiger partial charge in [-0.1, -0.05) is 11.6 Å². The van der Waals surface area contributed by atoms with Crippen molar-refractivity contribution in [2.75, 3.05) is 11.9 Å². The average molecular weight is 284 g/mol. The molecule has 0 aliphatic carbocycles. The molecule has 0 saturated heterocycles. The Hall–Kier alpha value is -1.59. The number of hydrogen-bond acceptors (Lipinski definition) is 3. The van der Waals surface area contributed by atoms with Crippen LogP contribution in [0.5, 0.6) is 0 Å². The molecule has 0 aromatic heterocycles. The molecule has 0 spiro atoms. The van der Waals surface area contributed by atoms with Crippen molar-refractivity contribution >= 4 is 29.1 Å². The van der Waals surface area contributed by atoms with Crippen LogP contribution in [0.25, 0.3) is 0 Å². The third kappa shape index (κ3) is 5.28. The fourth-order valence-corrected chi connectivity index (χ4v) is 1.55. The maximum absolute atomic E-state index is 11.7. The summed E-state index contributed by atoms with van der Waals surface area (Å²) in [5.41, 5.74) is 5.71. The van der Waals surface area contributed by atoms with Crippen molar-refractivity contribution in [1.82, 2.24) is 5.32 Å². The van der Waals surface area contributed by atoms with Crippen molar-refractivity contribution < 1.29 is 9.59 Å². The summed E-state index contributed by atoms with van der Waals surface area (Å²) in [7, 11) is 0. The van der Waals surface area contributed by atoms with Gasteiger partial charge in [-0.25, -0.2) is 0 Å². The Morgan fingerprint density at radius 3 is 2.47 bits per heavy atom. The lowest BCUT2D eigenvalue weighted by atomic mass is 10.1. The van der Waals surface area contributed by atoms with E-state index in [1.165, 1.54) is 12.1 Å². The molecule has 1 aromatic carbocycles. The molecule has 0 unspecified atom stereocenters. The Morgan fingerprint density at radius 1 is 1.32 bits per heavy atom. The smallest absolute Gasteiger partial charge is 0.250 e. The highest BCUT2D eigenvalue weighted by atomic mass is 35.5. The molecule has 0 aliphatic rings. The summed E-state index contributed by atoms with van der Waals surface area (Å²) in [4.78, 5) is 22.8. The van der Waals surface area contributed by atoms with Crippen LogP contribution in [0, 0.1) is 0 Å². The molecule has 5 nitrogen and oxygen atoms in total. The van der Waals surface area contributed by atoms with E-state index < -0.39 is 5.91 Å². The quantitative estimate of drug-likeness (QED) is 0.787. The van der Waals surface area contributed by atoms with Gasteiger partial charge in [-0.05, 0) is 39.0 Å². The Kier molecular flexibility index (Phi) is 4.91. The summed E-state index contributed by atoms with van der Waals surface area (Å²) in [5.74, 6) is -0.832. The summed E-state index contributed by atoms with van der Waals surface area (Å²) in [6.07, 6.45) is 0. The lowest BCUT2D eigenvalue weighted by Crippen LogP contribution is -2.41. The molecule has 1 rings (SSSR count). The molecule has 0 saturated carbocycles. The first-order valence-corrected chi connectivity index (χ1v) is 6.21. The van der Waals surface area contributed by atoms with Crippen LogP contribution >= 0.6 is 11.6 Å². The molecule has 1 aromatic rings. The number of carbonyl (C=O) groups is 2. The number of hydrogen-bond donors (Lipinski definition) is 3. The SMILES string of the molecule is CC(C)(C)NCC(=O)Nc1ccc(Cl)c(C(N)=O)c1. The number of rotatable bonds is 4. The van der Waals surface area contributed by atoms with Gasteiger partial charge in [0.2, 0.25) is 11.8 Å². The number of nitrogens with two attached hydrogens (primary N) is 1. The van der Waals surface area contributed by atoms with E-state index in [2.05, 4.69) is 10.6 Å². The van der Waals surface area contributed by atoms with E-state index in [0.29, 0.717) is 5.69 Å². The largest absolute Gasteiger partial charge is 0.366 e. The minimum atomic E-state index is -0.631. The van der Waals surface area contributed by atoms with Crippen molar-refractivity contribution in [1.29, 1.82) is 0 Å². The lowest BCUT2D eigenvalue weighted by molar-refractivity contribution is -0.115. The van der Waals surface area contributed by atoms with E-state index in [1.807, 2.05) is 20.8 Å². The highest BCUT2D eigenvalue weighted by molar-refractivity contribution is 6.33. The second kappa shape index (κ2) is 6.04. The monoisotopic (exact) mass is 283 g/mol. The second-order valence-electron chi connectivity index (χ2n) is 5.21. The summed E-state index contributed by atoms with van der Waals surface area (Å²) < 4.78 is 0. The van der Waals surface area contributed by atoms with E-state index in [1.54, 1.807) is 6.07 Å². The topological polar surface area (TPSA) is 84.2 Å². The van der Waals surface area contributed by atoms with Crippen LogP contribution in [0.4, 0.5) is 5.69 Å². The van der Waals surface area contributed by atoms with Gasteiger partial charge < -0.3 is 16.4 Å². The zero-order chi connectivity index (χ0) is 14.6. The van der Waals surface area contributed by atoms with Crippen LogP contribution in [0.1, 0.15) is 31.1 Å². The van der Waals surface area contributed by atoms with Crippen molar-refractivity contribution in [2.45, 2.75) is 26.3 Å². The van der Waals surface area contributed by atoms with Gasteiger partial charge >= 0.3 is 0 Å². The minimum Gasteiger partial charge on any atom is -0.366 e. The Labute approximate surface area is 117 Å². The maximum Gasteiger partial charge on any atom is 0.250 e. The summed E-state index contributed by atoms with van der Waals surface area (Å²) in [6, 6.07) is 4.60. The fourth-order valence-electron chi connectivity index (χ4n) is 1.34. The average Bonchev–Trinajstić information content (AvgIpc) is 2.28. The van der Waals surface area contributed by atoms with E-state index in [9.17, 15) is 9.59 Å². The third-order valence-electron chi connectivity index (χ3n) is 2.29. The zero-order valence-corrected chi connectivity index (χ0v) is 12.0. The first-order valence-electron chi connectivity index (χ1n) is 5.83. The normalized spacial score (nSPS) is 11.2. The molecular formula is C13H18ClN3O2. The fraction of sp³-hybridized carbons (Fsp3) is 0.385. The second-order valence-corrected chi connectivity index (χ2v) is 5.62. The molecule has 0 aliphatic heterocycles. The molecule has 0 radical (unpaired) electrons. The molecule has 2 amide bonds. The molecule has 104 valence electrons. The van der Waals surface area contributed by atoms with Crippen LogP contribution in [0.3, 0.4) is 0 Å². The van der Waals surface area contributed by atoms with E-state index in [0.717, 1.165) is 0 Å². The summed E-state index contributed by atoms with van der Waals surface area (Å²) in [5, 5.41) is 5.99. The van der Waals surface area contributed by atoms with Gasteiger partial charge in [-0.15, -0.1) is 0 Å². The zero-order valence-electron chi connectivity index (χ0n) is 11.2. The minimum absolute atomic E-state index is 0.143. The van der Waals surface area contributed by atoms with Gasteiger partial charge in [0, 0.05) is 11.2 Å². The molecule has 0 atom stereocenters. The van der Waals surface area contributed by atoms with Crippen LogP contribution in [0.2, 0.25) is 5.02 Å². The highest BCUT2D eigenvalue weighted by Gasteiger charge is 2.12. The summed E-state index contributed by atoms with van der Waals surface area (Å²) in [6.45, 7) is 6.08. The molecular weight excluding hydrogens is 266 g/mol. The van der Waals surface area contributed by atoms with E-state index in [-0.39, 0.29) is 28.6 Å². The van der Waals surface area contributed by atoms with Crippen LogP contribution < -0.4 is 16.4 Å². The number of halogens is 1. The number of carbonyl (C=O) groups excluding carboxylic acids is 2. The van der Waals surface area contributed by atoms with Crippen LogP contribution in [0.15, 0.2) is 18.2 Å². The number of primary amides is 1. The molecule has 4 N–H and O–H groups in total. The van der Waals surface area contributed by atoms with Gasteiger partial charge in [-0.3, -0.25) is 9.59 Å². The van der Waals surface area contributed by atoms with Crippen molar-refractivity contribution in [3.63, 3.8) is 0 Å². The van der Waals surface area contributed by atoms with Gasteiger partial charge in [-0.2, -0.15) is 0 Å². The third-order valence-corrected chi connectivity index (χ3v) is 2.62. The lowest BCUT2D eigenvalue weighted by Gasteiger charge is -2.20. The Morgan fingerprint density at radius 2 is 1.95 bits per heavy atom.